The molecular weight excluding hydrogens is 332 g/mol. The molecule has 5 heteroatoms. The van der Waals surface area contributed by atoms with Crippen LogP contribution in [0.25, 0.3) is 6.08 Å². The average molecular weight is 357 g/mol. The molecule has 0 radical (unpaired) electrons. The van der Waals surface area contributed by atoms with Crippen molar-refractivity contribution in [3.8, 4) is 0 Å². The van der Waals surface area contributed by atoms with E-state index in [0.717, 1.165) is 43.3 Å². The molecule has 1 aromatic carbocycles. The van der Waals surface area contributed by atoms with E-state index in [9.17, 15) is 4.79 Å². The van der Waals surface area contributed by atoms with Crippen molar-refractivity contribution in [3.05, 3.63) is 63.9 Å². The van der Waals surface area contributed by atoms with E-state index in [1.54, 1.807) is 17.4 Å². The first-order chi connectivity index (χ1) is 12.2. The van der Waals surface area contributed by atoms with E-state index < -0.39 is 0 Å². The number of rotatable bonds is 6. The number of hydrogen-bond acceptors (Lipinski definition) is 3. The third kappa shape index (κ3) is 5.53. The summed E-state index contributed by atoms with van der Waals surface area (Å²) < 4.78 is 5.44. The highest BCUT2D eigenvalue weighted by atomic mass is 32.1. The number of quaternary nitrogens is 1. The Morgan fingerprint density at radius 2 is 2.00 bits per heavy atom. The molecule has 2 heterocycles. The monoisotopic (exact) mass is 357 g/mol. The molecule has 25 heavy (non-hydrogen) atoms. The van der Waals surface area contributed by atoms with Crippen LogP contribution >= 0.6 is 11.3 Å². The Bertz CT molecular complexity index is 705. The number of carbonyl (C=O) groups is 1. The average Bonchev–Trinajstić information content (AvgIpc) is 3.06. The van der Waals surface area contributed by atoms with Crippen LogP contribution in [0.3, 0.4) is 0 Å². The third-order valence-corrected chi connectivity index (χ3v) is 5.34. The second-order valence-electron chi connectivity index (χ2n) is 6.32. The molecule has 1 aliphatic heterocycles. The quantitative estimate of drug-likeness (QED) is 0.775. The van der Waals surface area contributed by atoms with Crippen molar-refractivity contribution in [1.82, 2.24) is 5.32 Å². The highest BCUT2D eigenvalue weighted by Gasteiger charge is 2.22. The first-order valence-corrected chi connectivity index (χ1v) is 9.53. The Hall–Kier alpha value is -1.95. The minimum absolute atomic E-state index is 0.0107. The predicted molar refractivity (Wildman–Crippen MR) is 102 cm³/mol. The summed E-state index contributed by atoms with van der Waals surface area (Å²) in [6, 6.07) is 14.3. The standard InChI is InChI=1S/C20H24N2O2S/c1-16-7-8-18(25-16)9-10-20(23)21-19(17-5-3-2-4-6-17)15-22-11-13-24-14-12-22/h2-10,19H,11-15H2,1H3,(H,21,23)/p+1/b10-9+/t19-/m0/s1. The molecule has 0 saturated carbocycles. The van der Waals surface area contributed by atoms with Gasteiger partial charge in [-0.25, -0.2) is 0 Å². The van der Waals surface area contributed by atoms with E-state index in [-0.39, 0.29) is 11.9 Å². The summed E-state index contributed by atoms with van der Waals surface area (Å²) >= 11 is 1.69. The van der Waals surface area contributed by atoms with Crippen LogP contribution in [-0.2, 0) is 9.53 Å². The molecule has 2 N–H and O–H groups in total. The van der Waals surface area contributed by atoms with Crippen LogP contribution in [0.4, 0.5) is 0 Å². The number of ether oxygens (including phenoxy) is 1. The van der Waals surface area contributed by atoms with Crippen molar-refractivity contribution in [2.45, 2.75) is 13.0 Å². The summed E-state index contributed by atoms with van der Waals surface area (Å²) in [5, 5.41) is 3.17. The molecule has 3 rings (SSSR count). The van der Waals surface area contributed by atoms with Crippen LogP contribution in [0.15, 0.2) is 48.5 Å². The molecule has 1 saturated heterocycles. The largest absolute Gasteiger partial charge is 0.370 e. The van der Waals surface area contributed by atoms with E-state index in [1.807, 2.05) is 30.3 Å². The maximum Gasteiger partial charge on any atom is 0.244 e. The normalized spacial score (nSPS) is 16.8. The molecule has 2 aromatic rings. The Labute approximate surface area is 153 Å². The van der Waals surface area contributed by atoms with Gasteiger partial charge in [-0.1, -0.05) is 30.3 Å². The first-order valence-electron chi connectivity index (χ1n) is 8.72. The molecule has 1 fully saturated rings. The molecule has 1 amide bonds. The van der Waals surface area contributed by atoms with Gasteiger partial charge in [0, 0.05) is 15.8 Å². The molecule has 1 aliphatic rings. The summed E-state index contributed by atoms with van der Waals surface area (Å²) in [5.74, 6) is -0.0486. The van der Waals surface area contributed by atoms with Gasteiger partial charge in [-0.2, -0.15) is 0 Å². The van der Waals surface area contributed by atoms with Crippen molar-refractivity contribution in [1.29, 1.82) is 0 Å². The molecule has 0 unspecified atom stereocenters. The highest BCUT2D eigenvalue weighted by Crippen LogP contribution is 2.16. The number of aryl methyl sites for hydroxylation is 1. The maximum absolute atomic E-state index is 12.4. The van der Waals surface area contributed by atoms with Crippen molar-refractivity contribution < 1.29 is 14.4 Å². The van der Waals surface area contributed by atoms with Crippen molar-refractivity contribution in [3.63, 3.8) is 0 Å². The van der Waals surface area contributed by atoms with Crippen LogP contribution in [0.2, 0.25) is 0 Å². The fraction of sp³-hybridized carbons (Fsp3) is 0.350. The van der Waals surface area contributed by atoms with Gasteiger partial charge in [-0.15, -0.1) is 11.3 Å². The van der Waals surface area contributed by atoms with Crippen LogP contribution in [0.1, 0.15) is 21.4 Å². The van der Waals surface area contributed by atoms with Crippen molar-refractivity contribution in [2.75, 3.05) is 32.8 Å². The molecule has 4 nitrogen and oxygen atoms in total. The summed E-state index contributed by atoms with van der Waals surface area (Å²) in [6.45, 7) is 6.52. The van der Waals surface area contributed by atoms with Crippen molar-refractivity contribution in [2.24, 2.45) is 0 Å². The minimum Gasteiger partial charge on any atom is -0.370 e. The fourth-order valence-electron chi connectivity index (χ4n) is 3.01. The number of thiophene rings is 1. The van der Waals surface area contributed by atoms with E-state index in [4.69, 9.17) is 4.74 Å². The molecule has 132 valence electrons. The van der Waals surface area contributed by atoms with Crippen molar-refractivity contribution >= 4 is 23.3 Å². The lowest BCUT2D eigenvalue weighted by Gasteiger charge is -2.28. The van der Waals surface area contributed by atoms with Crippen LogP contribution in [-0.4, -0.2) is 38.8 Å². The lowest BCUT2D eigenvalue weighted by molar-refractivity contribution is -0.909. The van der Waals surface area contributed by atoms with Gasteiger partial charge in [0.05, 0.1) is 13.2 Å². The molecule has 1 atom stereocenters. The van der Waals surface area contributed by atoms with E-state index in [0.29, 0.717) is 0 Å². The molecule has 0 spiro atoms. The molecule has 0 aliphatic carbocycles. The van der Waals surface area contributed by atoms with E-state index in [2.05, 4.69) is 30.4 Å². The third-order valence-electron chi connectivity index (χ3n) is 4.37. The summed E-state index contributed by atoms with van der Waals surface area (Å²) in [6.07, 6.45) is 3.52. The molecule has 0 bridgehead atoms. The van der Waals surface area contributed by atoms with Gasteiger partial charge >= 0.3 is 0 Å². The number of amides is 1. The van der Waals surface area contributed by atoms with Crippen LogP contribution in [0, 0.1) is 6.92 Å². The van der Waals surface area contributed by atoms with Gasteiger partial charge < -0.3 is 15.0 Å². The zero-order valence-electron chi connectivity index (χ0n) is 14.5. The lowest BCUT2D eigenvalue weighted by atomic mass is 10.1. The number of carbonyl (C=O) groups excluding carboxylic acids is 1. The van der Waals surface area contributed by atoms with Gasteiger partial charge in [-0.3, -0.25) is 4.79 Å². The number of benzene rings is 1. The Morgan fingerprint density at radius 3 is 2.68 bits per heavy atom. The smallest absolute Gasteiger partial charge is 0.244 e. The van der Waals surface area contributed by atoms with E-state index >= 15 is 0 Å². The summed E-state index contributed by atoms with van der Waals surface area (Å²) in [7, 11) is 0. The molecular formula is C20H25N2O2S+. The predicted octanol–water partition coefficient (Wildman–Crippen LogP) is 1.84. The second-order valence-corrected chi connectivity index (χ2v) is 7.64. The van der Waals surface area contributed by atoms with Gasteiger partial charge in [0.25, 0.3) is 0 Å². The van der Waals surface area contributed by atoms with Gasteiger partial charge in [0.15, 0.2) is 0 Å². The second kappa shape index (κ2) is 8.94. The minimum atomic E-state index is -0.0486. The molecule has 1 aromatic heterocycles. The Kier molecular flexibility index (Phi) is 6.39. The maximum atomic E-state index is 12.4. The first kappa shape index (κ1) is 17.9. The van der Waals surface area contributed by atoms with Gasteiger partial charge in [-0.05, 0) is 30.7 Å². The lowest BCUT2D eigenvalue weighted by Crippen LogP contribution is -3.14. The summed E-state index contributed by atoms with van der Waals surface area (Å²) in [5.41, 5.74) is 1.15. The zero-order chi connectivity index (χ0) is 17.5. The van der Waals surface area contributed by atoms with Crippen LogP contribution in [0.5, 0.6) is 0 Å². The highest BCUT2D eigenvalue weighted by molar-refractivity contribution is 7.12. The topological polar surface area (TPSA) is 42.8 Å². The number of nitrogens with one attached hydrogen (secondary N) is 2. The number of hydrogen-bond donors (Lipinski definition) is 2. The summed E-state index contributed by atoms with van der Waals surface area (Å²) in [4.78, 5) is 16.2. The van der Waals surface area contributed by atoms with Gasteiger partial charge in [0.2, 0.25) is 5.91 Å². The van der Waals surface area contributed by atoms with E-state index in [1.165, 1.54) is 9.78 Å². The Morgan fingerprint density at radius 1 is 1.24 bits per heavy atom. The number of morpholine rings is 1. The van der Waals surface area contributed by atoms with Gasteiger partial charge in [0.1, 0.15) is 25.7 Å². The van der Waals surface area contributed by atoms with Crippen LogP contribution < -0.4 is 10.2 Å². The Balaban J connectivity index is 1.66. The fourth-order valence-corrected chi connectivity index (χ4v) is 3.79. The zero-order valence-corrected chi connectivity index (χ0v) is 15.4. The SMILES string of the molecule is Cc1ccc(/C=C/C(=O)N[C@@H](C[NH+]2CCOCC2)c2ccccc2)s1.